The van der Waals surface area contributed by atoms with Gasteiger partial charge in [-0.2, -0.15) is 0 Å². The summed E-state index contributed by atoms with van der Waals surface area (Å²) in [7, 11) is 1.67. The molecule has 1 aliphatic carbocycles. The van der Waals surface area contributed by atoms with E-state index in [4.69, 9.17) is 16.3 Å². The molecular formula is C15H19ClO. The third-order valence-electron chi connectivity index (χ3n) is 4.15. The van der Waals surface area contributed by atoms with Gasteiger partial charge in [-0.15, -0.1) is 0 Å². The molecule has 2 rings (SSSR count). The molecule has 1 aromatic carbocycles. The van der Waals surface area contributed by atoms with Crippen LogP contribution in [-0.4, -0.2) is 7.11 Å². The van der Waals surface area contributed by atoms with Crippen LogP contribution < -0.4 is 4.74 Å². The lowest BCUT2D eigenvalue weighted by Crippen LogP contribution is -1.88. The van der Waals surface area contributed by atoms with Gasteiger partial charge in [0.25, 0.3) is 0 Å². The fourth-order valence-corrected chi connectivity index (χ4v) is 2.57. The van der Waals surface area contributed by atoms with E-state index in [0.29, 0.717) is 11.3 Å². The second-order valence-electron chi connectivity index (χ2n) is 5.38. The van der Waals surface area contributed by atoms with Crippen LogP contribution in [0.2, 0.25) is 0 Å². The number of ether oxygens (including phenoxy) is 1. The van der Waals surface area contributed by atoms with Gasteiger partial charge < -0.3 is 4.74 Å². The molecule has 2 heteroatoms. The molecule has 92 valence electrons. The number of benzene rings is 1. The van der Waals surface area contributed by atoms with Crippen molar-refractivity contribution in [2.45, 2.75) is 20.8 Å². The number of halogens is 1. The first kappa shape index (κ1) is 12.5. The van der Waals surface area contributed by atoms with Gasteiger partial charge in [-0.25, -0.2) is 0 Å². The largest absolute Gasteiger partial charge is 0.497 e. The van der Waals surface area contributed by atoms with Crippen LogP contribution in [0.3, 0.4) is 0 Å². The normalized spacial score (nSPS) is 26.8. The Labute approximate surface area is 108 Å². The monoisotopic (exact) mass is 250 g/mol. The lowest BCUT2D eigenvalue weighted by Gasteiger charge is -2.03. The molecule has 2 atom stereocenters. The number of rotatable bonds is 3. The summed E-state index contributed by atoms with van der Waals surface area (Å²) in [5.74, 6) is 2.17. The average Bonchev–Trinajstić information content (AvgIpc) is 2.79. The summed E-state index contributed by atoms with van der Waals surface area (Å²) < 4.78 is 5.13. The first-order valence-electron chi connectivity index (χ1n) is 5.98. The van der Waals surface area contributed by atoms with E-state index in [1.165, 1.54) is 0 Å². The van der Waals surface area contributed by atoms with E-state index < -0.39 is 0 Å². The minimum absolute atomic E-state index is 0.395. The smallest absolute Gasteiger partial charge is 0.118 e. The van der Waals surface area contributed by atoms with Gasteiger partial charge >= 0.3 is 0 Å². The summed E-state index contributed by atoms with van der Waals surface area (Å²) in [6.07, 6.45) is 2.19. The zero-order chi connectivity index (χ0) is 12.6. The molecule has 1 aliphatic rings. The van der Waals surface area contributed by atoms with Gasteiger partial charge in [-0.3, -0.25) is 0 Å². The molecule has 17 heavy (non-hydrogen) atoms. The molecule has 2 unspecified atom stereocenters. The van der Waals surface area contributed by atoms with Crippen LogP contribution in [0.5, 0.6) is 5.75 Å². The predicted molar refractivity (Wildman–Crippen MR) is 73.3 cm³/mol. The molecule has 1 nitrogen and oxygen atoms in total. The first-order chi connectivity index (χ1) is 7.96. The fraction of sp³-hybridized carbons (Fsp3) is 0.467. The maximum atomic E-state index is 6.35. The molecule has 0 aliphatic heterocycles. The van der Waals surface area contributed by atoms with Crippen LogP contribution >= 0.6 is 11.6 Å². The zero-order valence-electron chi connectivity index (χ0n) is 10.8. The highest BCUT2D eigenvalue weighted by atomic mass is 35.5. The van der Waals surface area contributed by atoms with E-state index in [2.05, 4.69) is 26.8 Å². The summed E-state index contributed by atoms with van der Waals surface area (Å²) in [5, 5.41) is 0.843. The number of methoxy groups -OCH3 is 1. The van der Waals surface area contributed by atoms with Gasteiger partial charge in [0.15, 0.2) is 0 Å². The zero-order valence-corrected chi connectivity index (χ0v) is 11.6. The Morgan fingerprint density at radius 1 is 1.29 bits per heavy atom. The highest BCUT2D eigenvalue weighted by Gasteiger charge is 2.52. The third kappa shape index (κ3) is 2.35. The van der Waals surface area contributed by atoms with Gasteiger partial charge in [0.2, 0.25) is 0 Å². The van der Waals surface area contributed by atoms with Gasteiger partial charge in [0.1, 0.15) is 5.75 Å². The van der Waals surface area contributed by atoms with Crippen LogP contribution in [0.25, 0.3) is 5.03 Å². The number of hydrogen-bond donors (Lipinski definition) is 0. The Bertz CT molecular complexity index is 431. The number of hydrogen-bond acceptors (Lipinski definition) is 1. The lowest BCUT2D eigenvalue weighted by atomic mass is 10.1. The summed E-state index contributed by atoms with van der Waals surface area (Å²) in [6, 6.07) is 7.87. The van der Waals surface area contributed by atoms with Crippen LogP contribution in [0.15, 0.2) is 30.3 Å². The van der Waals surface area contributed by atoms with Crippen LogP contribution in [0.1, 0.15) is 26.3 Å². The molecule has 0 radical (unpaired) electrons. The van der Waals surface area contributed by atoms with Crippen molar-refractivity contribution in [1.29, 1.82) is 0 Å². The van der Waals surface area contributed by atoms with E-state index in [9.17, 15) is 0 Å². The van der Waals surface area contributed by atoms with Crippen LogP contribution in [0, 0.1) is 17.3 Å². The van der Waals surface area contributed by atoms with Crippen LogP contribution in [0.4, 0.5) is 0 Å². The first-order valence-corrected chi connectivity index (χ1v) is 6.36. The van der Waals surface area contributed by atoms with Crippen molar-refractivity contribution in [3.8, 4) is 5.75 Å². The van der Waals surface area contributed by atoms with E-state index in [0.717, 1.165) is 22.3 Å². The van der Waals surface area contributed by atoms with Crippen molar-refractivity contribution >= 4 is 16.6 Å². The van der Waals surface area contributed by atoms with E-state index >= 15 is 0 Å². The van der Waals surface area contributed by atoms with E-state index in [1.807, 2.05) is 24.3 Å². The molecule has 0 heterocycles. The fourth-order valence-electron chi connectivity index (χ4n) is 2.30. The predicted octanol–water partition coefficient (Wildman–Crippen LogP) is 4.57. The van der Waals surface area contributed by atoms with Crippen molar-refractivity contribution in [3.05, 3.63) is 35.9 Å². The molecule has 0 aromatic heterocycles. The second-order valence-corrected chi connectivity index (χ2v) is 5.79. The Balaban J connectivity index is 2.14. The maximum absolute atomic E-state index is 6.35. The third-order valence-corrected chi connectivity index (χ3v) is 4.50. The van der Waals surface area contributed by atoms with Gasteiger partial charge in [-0.1, -0.05) is 38.4 Å². The molecule has 1 saturated carbocycles. The minimum Gasteiger partial charge on any atom is -0.497 e. The molecule has 0 amide bonds. The highest BCUT2D eigenvalue weighted by Crippen LogP contribution is 2.59. The Kier molecular flexibility index (Phi) is 3.22. The molecule has 1 fully saturated rings. The topological polar surface area (TPSA) is 9.23 Å². The highest BCUT2D eigenvalue weighted by molar-refractivity contribution is 6.48. The summed E-state index contributed by atoms with van der Waals surface area (Å²) >= 11 is 6.35. The van der Waals surface area contributed by atoms with Crippen molar-refractivity contribution < 1.29 is 4.74 Å². The quantitative estimate of drug-likeness (QED) is 0.764. The molecule has 0 bridgehead atoms. The Morgan fingerprint density at radius 3 is 2.24 bits per heavy atom. The van der Waals surface area contributed by atoms with Crippen molar-refractivity contribution in [1.82, 2.24) is 0 Å². The SMILES string of the molecule is COc1ccc(C(Cl)=CC2C(C)C2(C)C)cc1. The lowest BCUT2D eigenvalue weighted by molar-refractivity contribution is 0.415. The molecule has 0 spiro atoms. The maximum Gasteiger partial charge on any atom is 0.118 e. The molecular weight excluding hydrogens is 232 g/mol. The summed E-state index contributed by atoms with van der Waals surface area (Å²) in [5.41, 5.74) is 1.45. The van der Waals surface area contributed by atoms with Gasteiger partial charge in [-0.05, 0) is 47.1 Å². The van der Waals surface area contributed by atoms with Crippen LogP contribution in [-0.2, 0) is 0 Å². The molecule has 0 N–H and O–H groups in total. The van der Waals surface area contributed by atoms with Crippen molar-refractivity contribution in [3.63, 3.8) is 0 Å². The standard InChI is InChI=1S/C15H19ClO/c1-10-13(15(10,2)3)9-14(16)11-5-7-12(17-4)8-6-11/h5-10,13H,1-4H3. The molecule has 1 aromatic rings. The molecule has 0 saturated heterocycles. The van der Waals surface area contributed by atoms with E-state index in [1.54, 1.807) is 7.11 Å². The Hall–Kier alpha value is -0.950. The van der Waals surface area contributed by atoms with Gasteiger partial charge in [0.05, 0.1) is 7.11 Å². The minimum atomic E-state index is 0.395. The summed E-state index contributed by atoms with van der Waals surface area (Å²) in [4.78, 5) is 0. The van der Waals surface area contributed by atoms with E-state index in [-0.39, 0.29) is 0 Å². The van der Waals surface area contributed by atoms with Crippen molar-refractivity contribution in [2.24, 2.45) is 17.3 Å². The second kappa shape index (κ2) is 4.38. The van der Waals surface area contributed by atoms with Gasteiger partial charge in [0, 0.05) is 5.03 Å². The average molecular weight is 251 g/mol. The summed E-state index contributed by atoms with van der Waals surface area (Å²) in [6.45, 7) is 6.85. The Morgan fingerprint density at radius 2 is 1.82 bits per heavy atom. The number of allylic oxidation sites excluding steroid dienone is 1. The van der Waals surface area contributed by atoms with Crippen molar-refractivity contribution in [2.75, 3.05) is 7.11 Å².